The SMILES string of the molecule is CCCCCCCCCC(=O)O.CN(C/C=C/C#CC(C)(C)C)Cc1cccc2ccccc12. The molecule has 0 saturated carbocycles. The minimum atomic E-state index is -0.663. The Morgan fingerprint density at radius 3 is 2.29 bits per heavy atom. The number of carbonyl (C=O) groups is 1. The summed E-state index contributed by atoms with van der Waals surface area (Å²) in [6.45, 7) is 10.4. The summed E-state index contributed by atoms with van der Waals surface area (Å²) in [5, 5.41) is 11.0. The minimum absolute atomic E-state index is 0.0686. The molecule has 0 aliphatic carbocycles. The minimum Gasteiger partial charge on any atom is -0.481 e. The molecule has 0 amide bonds. The molecule has 0 bridgehead atoms. The first-order valence-electron chi connectivity index (χ1n) is 12.8. The maximum Gasteiger partial charge on any atom is 0.303 e. The standard InChI is InChI=1S/C21H25N.C10H20O2/c1-21(2,3)15-8-5-9-16-22(4)17-19-13-10-12-18-11-6-7-14-20(18)19;1-2-3-4-5-6-7-8-9-10(11)12/h5-7,9-14H,16-17H2,1-4H3;2-9H2,1H3,(H,11,12)/b9-5+;. The van der Waals surface area contributed by atoms with Gasteiger partial charge in [0.25, 0.3) is 0 Å². The van der Waals surface area contributed by atoms with E-state index in [1.165, 1.54) is 48.4 Å². The van der Waals surface area contributed by atoms with Crippen LogP contribution in [0, 0.1) is 17.3 Å². The second kappa shape index (κ2) is 17.0. The molecule has 186 valence electrons. The van der Waals surface area contributed by atoms with Crippen LogP contribution in [0.1, 0.15) is 84.6 Å². The first kappa shape index (κ1) is 29.5. The summed E-state index contributed by atoms with van der Waals surface area (Å²) in [5.74, 6) is 5.67. The highest BCUT2D eigenvalue weighted by atomic mass is 16.4. The average Bonchev–Trinajstić information content (AvgIpc) is 2.78. The predicted molar refractivity (Wildman–Crippen MR) is 147 cm³/mol. The molecule has 3 nitrogen and oxygen atoms in total. The molecule has 0 spiro atoms. The van der Waals surface area contributed by atoms with Gasteiger partial charge in [-0.2, -0.15) is 0 Å². The molecule has 0 unspecified atom stereocenters. The number of likely N-dealkylation sites (N-methyl/N-ethyl adjacent to an activating group) is 1. The lowest BCUT2D eigenvalue weighted by molar-refractivity contribution is -0.137. The first-order chi connectivity index (χ1) is 16.2. The average molecular weight is 464 g/mol. The summed E-state index contributed by atoms with van der Waals surface area (Å²) in [6.07, 6.45) is 12.7. The highest BCUT2D eigenvalue weighted by molar-refractivity contribution is 5.85. The van der Waals surface area contributed by atoms with Gasteiger partial charge in [0.05, 0.1) is 0 Å². The molecule has 0 heterocycles. The summed E-state index contributed by atoms with van der Waals surface area (Å²) in [7, 11) is 2.14. The van der Waals surface area contributed by atoms with Gasteiger partial charge >= 0.3 is 5.97 Å². The second-order valence-electron chi connectivity index (χ2n) is 10.0. The molecule has 0 radical (unpaired) electrons. The molecule has 2 aromatic carbocycles. The van der Waals surface area contributed by atoms with E-state index in [1.807, 2.05) is 6.08 Å². The molecule has 0 saturated heterocycles. The number of hydrogen-bond donors (Lipinski definition) is 1. The highest BCUT2D eigenvalue weighted by Gasteiger charge is 2.04. The molecule has 0 aliphatic heterocycles. The van der Waals surface area contributed by atoms with Gasteiger partial charge in [-0.3, -0.25) is 9.69 Å². The topological polar surface area (TPSA) is 40.5 Å². The van der Waals surface area contributed by atoms with Gasteiger partial charge in [0.15, 0.2) is 0 Å². The van der Waals surface area contributed by atoms with E-state index in [4.69, 9.17) is 5.11 Å². The predicted octanol–water partition coefficient (Wildman–Crippen LogP) is 8.09. The third-order valence-corrected chi connectivity index (χ3v) is 5.38. The fourth-order valence-corrected chi connectivity index (χ4v) is 3.57. The lowest BCUT2D eigenvalue weighted by atomic mass is 9.98. The third kappa shape index (κ3) is 14.6. The highest BCUT2D eigenvalue weighted by Crippen LogP contribution is 2.19. The number of rotatable bonds is 12. The summed E-state index contributed by atoms with van der Waals surface area (Å²) >= 11 is 0. The van der Waals surface area contributed by atoms with Crippen LogP contribution in [-0.2, 0) is 11.3 Å². The third-order valence-electron chi connectivity index (χ3n) is 5.38. The lowest BCUT2D eigenvalue weighted by Gasteiger charge is -2.15. The number of nitrogens with zero attached hydrogens (tertiary/aromatic N) is 1. The Balaban J connectivity index is 0.000000411. The van der Waals surface area contributed by atoms with E-state index in [0.29, 0.717) is 6.42 Å². The summed E-state index contributed by atoms with van der Waals surface area (Å²) in [6, 6.07) is 15.1. The van der Waals surface area contributed by atoms with Gasteiger partial charge in [-0.25, -0.2) is 0 Å². The van der Waals surface area contributed by atoms with Crippen LogP contribution in [0.5, 0.6) is 0 Å². The Morgan fingerprint density at radius 1 is 0.971 bits per heavy atom. The molecular weight excluding hydrogens is 418 g/mol. The van der Waals surface area contributed by atoms with Crippen molar-refractivity contribution < 1.29 is 9.90 Å². The number of hydrogen-bond acceptors (Lipinski definition) is 2. The monoisotopic (exact) mass is 463 g/mol. The zero-order valence-electron chi connectivity index (χ0n) is 22.1. The Bertz CT molecular complexity index is 922. The fourth-order valence-electron chi connectivity index (χ4n) is 3.57. The van der Waals surface area contributed by atoms with Crippen LogP contribution in [0.3, 0.4) is 0 Å². The van der Waals surface area contributed by atoms with E-state index in [2.05, 4.69) is 100 Å². The number of aliphatic carboxylic acids is 1. The number of fused-ring (bicyclic) bond motifs is 1. The van der Waals surface area contributed by atoms with Crippen molar-refractivity contribution in [1.82, 2.24) is 4.90 Å². The zero-order chi connectivity index (χ0) is 25.2. The van der Waals surface area contributed by atoms with Gasteiger partial charge in [-0.05, 0) is 56.7 Å². The van der Waals surface area contributed by atoms with E-state index in [-0.39, 0.29) is 5.41 Å². The van der Waals surface area contributed by atoms with Crippen molar-refractivity contribution in [2.45, 2.75) is 85.6 Å². The van der Waals surface area contributed by atoms with Crippen LogP contribution in [0.2, 0.25) is 0 Å². The Labute approximate surface area is 208 Å². The number of benzene rings is 2. The molecule has 0 aromatic heterocycles. The lowest BCUT2D eigenvalue weighted by Crippen LogP contribution is -2.17. The van der Waals surface area contributed by atoms with Crippen LogP contribution < -0.4 is 0 Å². The van der Waals surface area contributed by atoms with E-state index in [9.17, 15) is 4.79 Å². The van der Waals surface area contributed by atoms with Gasteiger partial charge < -0.3 is 5.11 Å². The van der Waals surface area contributed by atoms with E-state index >= 15 is 0 Å². The summed E-state index contributed by atoms with van der Waals surface area (Å²) in [5.41, 5.74) is 1.44. The van der Waals surface area contributed by atoms with Crippen molar-refractivity contribution >= 4 is 16.7 Å². The van der Waals surface area contributed by atoms with Crippen LogP contribution in [-0.4, -0.2) is 29.6 Å². The molecule has 0 fully saturated rings. The van der Waals surface area contributed by atoms with Crippen molar-refractivity contribution in [2.75, 3.05) is 13.6 Å². The van der Waals surface area contributed by atoms with Crippen molar-refractivity contribution in [3.05, 3.63) is 60.2 Å². The molecule has 0 aliphatic rings. The van der Waals surface area contributed by atoms with Crippen molar-refractivity contribution in [1.29, 1.82) is 0 Å². The van der Waals surface area contributed by atoms with Gasteiger partial charge in [-0.15, -0.1) is 0 Å². The van der Waals surface area contributed by atoms with Gasteiger partial charge in [-0.1, -0.05) is 106 Å². The first-order valence-corrected chi connectivity index (χ1v) is 12.8. The second-order valence-corrected chi connectivity index (χ2v) is 10.0. The molecule has 3 heteroatoms. The Kier molecular flexibility index (Phi) is 14.7. The van der Waals surface area contributed by atoms with Crippen molar-refractivity contribution in [3.8, 4) is 11.8 Å². The fraction of sp³-hybridized carbons (Fsp3) is 0.516. The maximum atomic E-state index is 10.1. The van der Waals surface area contributed by atoms with Crippen LogP contribution >= 0.6 is 0 Å². The van der Waals surface area contributed by atoms with E-state index < -0.39 is 5.97 Å². The van der Waals surface area contributed by atoms with Crippen LogP contribution in [0.15, 0.2) is 54.6 Å². The van der Waals surface area contributed by atoms with Crippen LogP contribution in [0.4, 0.5) is 0 Å². The smallest absolute Gasteiger partial charge is 0.303 e. The zero-order valence-corrected chi connectivity index (χ0v) is 22.1. The number of unbranched alkanes of at least 4 members (excludes halogenated alkanes) is 6. The maximum absolute atomic E-state index is 10.1. The van der Waals surface area contributed by atoms with Crippen LogP contribution in [0.25, 0.3) is 10.8 Å². The van der Waals surface area contributed by atoms with E-state index in [1.54, 1.807) is 0 Å². The van der Waals surface area contributed by atoms with Gasteiger partial charge in [0.2, 0.25) is 0 Å². The number of carboxylic acid groups (broad SMARTS) is 1. The summed E-state index contributed by atoms with van der Waals surface area (Å²) in [4.78, 5) is 12.4. The van der Waals surface area contributed by atoms with Crippen molar-refractivity contribution in [2.24, 2.45) is 5.41 Å². The van der Waals surface area contributed by atoms with Gasteiger partial charge in [0, 0.05) is 24.9 Å². The Morgan fingerprint density at radius 2 is 1.62 bits per heavy atom. The summed E-state index contributed by atoms with van der Waals surface area (Å²) < 4.78 is 0. The normalized spacial score (nSPS) is 11.2. The number of allylic oxidation sites excluding steroid dienone is 1. The Hall–Kier alpha value is -2.57. The molecule has 2 rings (SSSR count). The van der Waals surface area contributed by atoms with Crippen molar-refractivity contribution in [3.63, 3.8) is 0 Å². The quantitative estimate of drug-likeness (QED) is 0.255. The van der Waals surface area contributed by atoms with E-state index in [0.717, 1.165) is 25.9 Å². The largest absolute Gasteiger partial charge is 0.481 e. The number of carboxylic acids is 1. The molecule has 2 aromatic rings. The molecule has 1 N–H and O–H groups in total. The molecule has 34 heavy (non-hydrogen) atoms. The van der Waals surface area contributed by atoms with Gasteiger partial charge in [0.1, 0.15) is 0 Å². The molecular formula is C31H45NO2. The molecule has 0 atom stereocenters.